The van der Waals surface area contributed by atoms with E-state index in [0.29, 0.717) is 12.3 Å². The van der Waals surface area contributed by atoms with Crippen LogP contribution in [0.15, 0.2) is 48.0 Å². The maximum atomic E-state index is 13.0. The molecule has 1 aliphatic heterocycles. The maximum absolute atomic E-state index is 13.0. The van der Waals surface area contributed by atoms with Crippen molar-refractivity contribution in [1.82, 2.24) is 14.9 Å². The molecule has 23 heavy (non-hydrogen) atoms. The molecule has 0 saturated carbocycles. The number of nitrogens with zero attached hydrogens (tertiary/aromatic N) is 4. The van der Waals surface area contributed by atoms with E-state index in [4.69, 9.17) is 0 Å². The summed E-state index contributed by atoms with van der Waals surface area (Å²) in [5.41, 5.74) is 1.80. The Labute approximate surface area is 134 Å². The van der Waals surface area contributed by atoms with Gasteiger partial charge in [-0.1, -0.05) is 17.3 Å². The second-order valence-electron chi connectivity index (χ2n) is 5.88. The first-order chi connectivity index (χ1) is 11.3. The van der Waals surface area contributed by atoms with Gasteiger partial charge in [-0.05, 0) is 37.1 Å². The van der Waals surface area contributed by atoms with E-state index in [-0.39, 0.29) is 5.82 Å². The van der Waals surface area contributed by atoms with Crippen molar-refractivity contribution in [3.8, 4) is 0 Å². The lowest BCUT2D eigenvalue weighted by molar-refractivity contribution is 0.318. The summed E-state index contributed by atoms with van der Waals surface area (Å²) < 4.78 is 13.0. The fourth-order valence-electron chi connectivity index (χ4n) is 3.07. The fourth-order valence-corrected chi connectivity index (χ4v) is 3.07. The highest BCUT2D eigenvalue weighted by molar-refractivity contribution is 5.20. The molecule has 1 aliphatic rings. The van der Waals surface area contributed by atoms with Crippen molar-refractivity contribution < 1.29 is 4.39 Å². The van der Waals surface area contributed by atoms with Crippen molar-refractivity contribution >= 4 is 0 Å². The summed E-state index contributed by atoms with van der Waals surface area (Å²) in [6.45, 7) is 2.70. The predicted molar refractivity (Wildman–Crippen MR) is 85.4 cm³/mol. The van der Waals surface area contributed by atoms with Gasteiger partial charge in [-0.25, -0.2) is 4.39 Å². The van der Waals surface area contributed by atoms with Gasteiger partial charge in [-0.3, -0.25) is 9.97 Å². The van der Waals surface area contributed by atoms with Crippen LogP contribution in [-0.4, -0.2) is 34.5 Å². The minimum Gasteiger partial charge on any atom is -0.303 e. The number of benzene rings is 1. The molecule has 0 spiro atoms. The minimum absolute atomic E-state index is 0.301. The molecule has 0 amide bonds. The van der Waals surface area contributed by atoms with E-state index in [1.54, 1.807) is 24.5 Å². The molecule has 0 aliphatic carbocycles. The molecule has 2 atom stereocenters. The van der Waals surface area contributed by atoms with E-state index in [9.17, 15) is 9.30 Å². The van der Waals surface area contributed by atoms with E-state index in [2.05, 4.69) is 20.0 Å². The molecule has 120 valence electrons. The van der Waals surface area contributed by atoms with Gasteiger partial charge in [0, 0.05) is 37.6 Å². The molecular formula is C17H19FN4O. The number of nitroso groups, excluding NO2 is 1. The van der Waals surface area contributed by atoms with Crippen LogP contribution in [-0.2, 0) is 0 Å². The van der Waals surface area contributed by atoms with Crippen molar-refractivity contribution in [1.29, 1.82) is 0 Å². The molecule has 2 unspecified atom stereocenters. The van der Waals surface area contributed by atoms with Gasteiger partial charge in [0.15, 0.2) is 0 Å². The number of hydrogen-bond acceptors (Lipinski definition) is 5. The van der Waals surface area contributed by atoms with Crippen LogP contribution >= 0.6 is 0 Å². The summed E-state index contributed by atoms with van der Waals surface area (Å²) in [4.78, 5) is 21.9. The normalized spacial score (nSPS) is 19.6. The highest BCUT2D eigenvalue weighted by atomic mass is 19.1. The van der Waals surface area contributed by atoms with Gasteiger partial charge < -0.3 is 4.90 Å². The van der Waals surface area contributed by atoms with Gasteiger partial charge >= 0.3 is 0 Å². The molecule has 1 aromatic heterocycles. The van der Waals surface area contributed by atoms with Gasteiger partial charge in [-0.2, -0.15) is 4.91 Å². The average Bonchev–Trinajstić information content (AvgIpc) is 3.07. The summed E-state index contributed by atoms with van der Waals surface area (Å²) in [5, 5.41) is 3.20. The van der Waals surface area contributed by atoms with E-state index in [1.807, 2.05) is 6.20 Å². The van der Waals surface area contributed by atoms with Crippen LogP contribution in [0.25, 0.3) is 0 Å². The molecule has 0 bridgehead atoms. The zero-order valence-corrected chi connectivity index (χ0v) is 12.8. The molecule has 1 aromatic carbocycles. The first kappa shape index (κ1) is 15.7. The summed E-state index contributed by atoms with van der Waals surface area (Å²) in [7, 11) is 0. The van der Waals surface area contributed by atoms with Crippen LogP contribution in [0.3, 0.4) is 0 Å². The molecule has 0 radical (unpaired) electrons. The first-order valence-corrected chi connectivity index (χ1v) is 7.82. The average molecular weight is 314 g/mol. The van der Waals surface area contributed by atoms with Gasteiger partial charge in [0.25, 0.3) is 0 Å². The number of likely N-dealkylation sites (tertiary alicyclic amines) is 1. The van der Waals surface area contributed by atoms with E-state index in [1.165, 1.54) is 12.1 Å². The molecule has 2 aromatic rings. The van der Waals surface area contributed by atoms with Gasteiger partial charge in [0.05, 0.1) is 5.69 Å². The Bertz CT molecular complexity index is 635. The van der Waals surface area contributed by atoms with Crippen molar-refractivity contribution in [3.05, 3.63) is 64.8 Å². The first-order valence-electron chi connectivity index (χ1n) is 7.82. The topological polar surface area (TPSA) is 58.5 Å². The molecular weight excluding hydrogens is 295 g/mol. The number of halogens is 1. The summed E-state index contributed by atoms with van der Waals surface area (Å²) >= 11 is 0. The van der Waals surface area contributed by atoms with Crippen LogP contribution in [0, 0.1) is 10.7 Å². The highest BCUT2D eigenvalue weighted by Crippen LogP contribution is 2.27. The van der Waals surface area contributed by atoms with Gasteiger partial charge in [0.1, 0.15) is 11.9 Å². The lowest BCUT2D eigenvalue weighted by atomic mass is 10.0. The third-order valence-corrected chi connectivity index (χ3v) is 4.37. The van der Waals surface area contributed by atoms with Gasteiger partial charge in [-0.15, -0.1) is 0 Å². The van der Waals surface area contributed by atoms with Crippen LogP contribution in [0.1, 0.15) is 36.1 Å². The zero-order valence-electron chi connectivity index (χ0n) is 12.8. The number of aromatic nitrogens is 2. The Morgan fingerprint density at radius 3 is 2.83 bits per heavy atom. The SMILES string of the molecule is O=NC(CCN1CCC(c2cnccn2)C1)c1ccc(F)cc1. The number of rotatable bonds is 6. The highest BCUT2D eigenvalue weighted by Gasteiger charge is 2.25. The smallest absolute Gasteiger partial charge is 0.123 e. The van der Waals surface area contributed by atoms with E-state index in [0.717, 1.165) is 37.3 Å². The Morgan fingerprint density at radius 1 is 1.30 bits per heavy atom. The Morgan fingerprint density at radius 2 is 2.13 bits per heavy atom. The quantitative estimate of drug-likeness (QED) is 0.768. The fraction of sp³-hybridized carbons (Fsp3) is 0.412. The molecule has 2 heterocycles. The lowest BCUT2D eigenvalue weighted by Crippen LogP contribution is -2.23. The zero-order chi connectivity index (χ0) is 16.1. The maximum Gasteiger partial charge on any atom is 0.123 e. The van der Waals surface area contributed by atoms with Crippen molar-refractivity contribution in [2.24, 2.45) is 5.18 Å². The summed E-state index contributed by atoms with van der Waals surface area (Å²) in [5.74, 6) is 0.0990. The van der Waals surface area contributed by atoms with Crippen LogP contribution in [0.5, 0.6) is 0 Å². The molecule has 1 fully saturated rings. The summed E-state index contributed by atoms with van der Waals surface area (Å²) in [6.07, 6.45) is 6.91. The van der Waals surface area contributed by atoms with Gasteiger partial charge in [0.2, 0.25) is 0 Å². The second kappa shape index (κ2) is 7.37. The Kier molecular flexibility index (Phi) is 5.02. The Hall–Kier alpha value is -2.21. The van der Waals surface area contributed by atoms with Crippen molar-refractivity contribution in [2.45, 2.75) is 24.8 Å². The number of hydrogen-bond donors (Lipinski definition) is 0. The predicted octanol–water partition coefficient (Wildman–Crippen LogP) is 3.30. The largest absolute Gasteiger partial charge is 0.303 e. The van der Waals surface area contributed by atoms with Crippen molar-refractivity contribution in [2.75, 3.05) is 19.6 Å². The molecule has 0 N–H and O–H groups in total. The molecule has 5 nitrogen and oxygen atoms in total. The van der Waals surface area contributed by atoms with Crippen molar-refractivity contribution in [3.63, 3.8) is 0 Å². The standard InChI is InChI=1S/C17H19FN4O/c18-15-3-1-13(2-4-15)16(21-23)6-10-22-9-5-14(12-22)17-11-19-7-8-20-17/h1-4,7-8,11,14,16H,5-6,9-10,12H2. The minimum atomic E-state index is -0.425. The molecule has 6 heteroatoms. The summed E-state index contributed by atoms with van der Waals surface area (Å²) in [6, 6.07) is 5.58. The van der Waals surface area contributed by atoms with Crippen LogP contribution in [0.4, 0.5) is 4.39 Å². The third kappa shape index (κ3) is 3.96. The lowest BCUT2D eigenvalue weighted by Gasteiger charge is -2.18. The molecule has 1 saturated heterocycles. The monoisotopic (exact) mass is 314 g/mol. The van der Waals surface area contributed by atoms with Crippen LogP contribution < -0.4 is 0 Å². The Balaban J connectivity index is 1.54. The second-order valence-corrected chi connectivity index (χ2v) is 5.88. The van der Waals surface area contributed by atoms with E-state index >= 15 is 0 Å². The van der Waals surface area contributed by atoms with Crippen LogP contribution in [0.2, 0.25) is 0 Å². The molecule has 3 rings (SSSR count). The third-order valence-electron chi connectivity index (χ3n) is 4.37. The van der Waals surface area contributed by atoms with E-state index < -0.39 is 6.04 Å².